The molecule has 0 spiro atoms. The SMILES string of the molecule is NCCn1cnc(C(=O)c2cnccc2N)c1. The number of ketones is 1. The van der Waals surface area contributed by atoms with Crippen molar-refractivity contribution in [2.45, 2.75) is 6.54 Å². The molecule has 0 unspecified atom stereocenters. The molecule has 6 heteroatoms. The van der Waals surface area contributed by atoms with Crippen molar-refractivity contribution in [3.63, 3.8) is 0 Å². The van der Waals surface area contributed by atoms with Crippen molar-refractivity contribution in [2.24, 2.45) is 5.73 Å². The lowest BCUT2D eigenvalue weighted by Gasteiger charge is -2.00. The molecule has 0 aromatic carbocycles. The van der Waals surface area contributed by atoms with Gasteiger partial charge in [-0.3, -0.25) is 9.78 Å². The standard InChI is InChI=1S/C11H13N5O/c12-2-4-16-6-10(15-7-16)11(17)8-5-14-3-1-9(8)13/h1,3,5-7H,2,4,12H2,(H2,13,14). The van der Waals surface area contributed by atoms with Gasteiger partial charge in [0.1, 0.15) is 5.69 Å². The third-order valence-electron chi connectivity index (χ3n) is 2.35. The number of anilines is 1. The van der Waals surface area contributed by atoms with Crippen molar-refractivity contribution in [1.82, 2.24) is 14.5 Å². The molecule has 0 atom stereocenters. The number of nitrogens with two attached hydrogens (primary N) is 2. The Balaban J connectivity index is 2.28. The van der Waals surface area contributed by atoms with Crippen LogP contribution in [0.15, 0.2) is 31.0 Å². The van der Waals surface area contributed by atoms with E-state index in [2.05, 4.69) is 9.97 Å². The van der Waals surface area contributed by atoms with Crippen LogP contribution in [0.4, 0.5) is 5.69 Å². The van der Waals surface area contributed by atoms with Gasteiger partial charge in [0, 0.05) is 37.4 Å². The van der Waals surface area contributed by atoms with Gasteiger partial charge in [-0.2, -0.15) is 0 Å². The van der Waals surface area contributed by atoms with Crippen LogP contribution in [0.5, 0.6) is 0 Å². The molecular formula is C11H13N5O. The lowest BCUT2D eigenvalue weighted by molar-refractivity contribution is 0.103. The van der Waals surface area contributed by atoms with Gasteiger partial charge in [-0.15, -0.1) is 0 Å². The lowest BCUT2D eigenvalue weighted by Crippen LogP contribution is -2.09. The Morgan fingerprint density at radius 3 is 3.00 bits per heavy atom. The minimum absolute atomic E-state index is 0.230. The zero-order valence-corrected chi connectivity index (χ0v) is 9.21. The molecule has 2 rings (SSSR count). The van der Waals surface area contributed by atoms with E-state index in [-0.39, 0.29) is 5.78 Å². The number of pyridine rings is 1. The molecule has 0 saturated heterocycles. The van der Waals surface area contributed by atoms with E-state index in [0.29, 0.717) is 30.0 Å². The Hall–Kier alpha value is -2.21. The molecule has 0 aliphatic rings. The molecule has 4 N–H and O–H groups in total. The third-order valence-corrected chi connectivity index (χ3v) is 2.35. The van der Waals surface area contributed by atoms with E-state index in [1.807, 2.05) is 0 Å². The zero-order chi connectivity index (χ0) is 12.3. The summed E-state index contributed by atoms with van der Waals surface area (Å²) in [4.78, 5) is 20.0. The highest BCUT2D eigenvalue weighted by Crippen LogP contribution is 2.13. The molecule has 2 aromatic rings. The summed E-state index contributed by atoms with van der Waals surface area (Å²) in [6.07, 6.45) is 6.22. The van der Waals surface area contributed by atoms with Crippen molar-refractivity contribution in [2.75, 3.05) is 12.3 Å². The highest BCUT2D eigenvalue weighted by molar-refractivity contribution is 6.10. The molecule has 2 aromatic heterocycles. The number of rotatable bonds is 4. The first-order valence-electron chi connectivity index (χ1n) is 5.18. The van der Waals surface area contributed by atoms with E-state index < -0.39 is 0 Å². The summed E-state index contributed by atoms with van der Waals surface area (Å²) in [7, 11) is 0. The van der Waals surface area contributed by atoms with Crippen molar-refractivity contribution in [3.05, 3.63) is 42.2 Å². The fourth-order valence-electron chi connectivity index (χ4n) is 1.48. The van der Waals surface area contributed by atoms with Crippen molar-refractivity contribution in [3.8, 4) is 0 Å². The fourth-order valence-corrected chi connectivity index (χ4v) is 1.48. The van der Waals surface area contributed by atoms with Gasteiger partial charge in [0.05, 0.1) is 11.9 Å². The molecule has 0 fully saturated rings. The van der Waals surface area contributed by atoms with Crippen LogP contribution in [0.25, 0.3) is 0 Å². The van der Waals surface area contributed by atoms with Crippen LogP contribution < -0.4 is 11.5 Å². The lowest BCUT2D eigenvalue weighted by atomic mass is 10.1. The van der Waals surface area contributed by atoms with Gasteiger partial charge >= 0.3 is 0 Å². The van der Waals surface area contributed by atoms with Crippen LogP contribution in [0, 0.1) is 0 Å². The number of aromatic nitrogens is 3. The summed E-state index contributed by atoms with van der Waals surface area (Å²) in [5.41, 5.74) is 12.2. The number of imidazole rings is 1. The molecule has 17 heavy (non-hydrogen) atoms. The predicted molar refractivity (Wildman–Crippen MR) is 63.4 cm³/mol. The summed E-state index contributed by atoms with van der Waals surface area (Å²) in [6.45, 7) is 1.13. The summed E-state index contributed by atoms with van der Waals surface area (Å²) in [5, 5.41) is 0. The predicted octanol–water partition coefficient (Wildman–Crippen LogP) is 0.0500. The Kier molecular flexibility index (Phi) is 3.15. The molecule has 0 bridgehead atoms. The third kappa shape index (κ3) is 2.31. The topological polar surface area (TPSA) is 99.8 Å². The van der Waals surface area contributed by atoms with E-state index in [4.69, 9.17) is 11.5 Å². The number of carbonyl (C=O) groups excluding carboxylic acids is 1. The van der Waals surface area contributed by atoms with Crippen LogP contribution in [0.3, 0.4) is 0 Å². The van der Waals surface area contributed by atoms with Crippen molar-refractivity contribution >= 4 is 11.5 Å². The van der Waals surface area contributed by atoms with E-state index in [1.165, 1.54) is 6.20 Å². The molecule has 0 aliphatic carbocycles. The van der Waals surface area contributed by atoms with Crippen LogP contribution in [-0.4, -0.2) is 26.9 Å². The highest BCUT2D eigenvalue weighted by atomic mass is 16.1. The molecule has 2 heterocycles. The van der Waals surface area contributed by atoms with E-state index in [9.17, 15) is 4.79 Å². The van der Waals surface area contributed by atoms with Gasteiger partial charge in [0.15, 0.2) is 0 Å². The second-order valence-corrected chi connectivity index (χ2v) is 3.58. The monoisotopic (exact) mass is 231 g/mol. The van der Waals surface area contributed by atoms with E-state index in [0.717, 1.165) is 0 Å². The molecule has 0 aliphatic heterocycles. The first-order chi connectivity index (χ1) is 8.22. The van der Waals surface area contributed by atoms with Crippen LogP contribution in [0.2, 0.25) is 0 Å². The van der Waals surface area contributed by atoms with Gasteiger partial charge in [0.2, 0.25) is 5.78 Å². The summed E-state index contributed by atoms with van der Waals surface area (Å²) in [6, 6.07) is 1.59. The summed E-state index contributed by atoms with van der Waals surface area (Å²) < 4.78 is 1.76. The average molecular weight is 231 g/mol. The van der Waals surface area contributed by atoms with Crippen LogP contribution in [-0.2, 0) is 6.54 Å². The normalized spacial score (nSPS) is 10.4. The van der Waals surface area contributed by atoms with Crippen LogP contribution in [0.1, 0.15) is 16.1 Å². The summed E-state index contributed by atoms with van der Waals surface area (Å²) in [5.74, 6) is -0.230. The number of nitrogens with zero attached hydrogens (tertiary/aromatic N) is 3. The van der Waals surface area contributed by atoms with Crippen molar-refractivity contribution in [1.29, 1.82) is 0 Å². The smallest absolute Gasteiger partial charge is 0.216 e. The van der Waals surface area contributed by atoms with Gasteiger partial charge in [-0.1, -0.05) is 0 Å². The van der Waals surface area contributed by atoms with Gasteiger partial charge in [0.25, 0.3) is 0 Å². The van der Waals surface area contributed by atoms with E-state index in [1.54, 1.807) is 29.4 Å². The van der Waals surface area contributed by atoms with Crippen LogP contribution >= 0.6 is 0 Å². The molecular weight excluding hydrogens is 218 g/mol. The second-order valence-electron chi connectivity index (χ2n) is 3.58. The molecule has 6 nitrogen and oxygen atoms in total. The minimum Gasteiger partial charge on any atom is -0.398 e. The van der Waals surface area contributed by atoms with Gasteiger partial charge in [-0.25, -0.2) is 4.98 Å². The number of hydrogen-bond donors (Lipinski definition) is 2. The Morgan fingerprint density at radius 2 is 2.29 bits per heavy atom. The Morgan fingerprint density at radius 1 is 1.47 bits per heavy atom. The molecule has 0 amide bonds. The number of carbonyl (C=O) groups is 1. The maximum Gasteiger partial charge on any atom is 0.216 e. The average Bonchev–Trinajstić information content (AvgIpc) is 2.78. The highest BCUT2D eigenvalue weighted by Gasteiger charge is 2.14. The largest absolute Gasteiger partial charge is 0.398 e. The Bertz CT molecular complexity index is 534. The number of nitrogen functional groups attached to an aromatic ring is 1. The zero-order valence-electron chi connectivity index (χ0n) is 9.21. The second kappa shape index (κ2) is 4.75. The van der Waals surface area contributed by atoms with Gasteiger partial charge in [-0.05, 0) is 6.07 Å². The maximum atomic E-state index is 12.1. The minimum atomic E-state index is -0.230. The summed E-state index contributed by atoms with van der Waals surface area (Å²) >= 11 is 0. The first kappa shape index (κ1) is 11.3. The fraction of sp³-hybridized carbons (Fsp3) is 0.182. The quantitative estimate of drug-likeness (QED) is 0.724. The van der Waals surface area contributed by atoms with Crippen molar-refractivity contribution < 1.29 is 4.79 Å². The molecule has 0 saturated carbocycles. The first-order valence-corrected chi connectivity index (χ1v) is 5.18. The maximum absolute atomic E-state index is 12.1. The molecule has 0 radical (unpaired) electrons. The number of hydrogen-bond acceptors (Lipinski definition) is 5. The van der Waals surface area contributed by atoms with Gasteiger partial charge < -0.3 is 16.0 Å². The Labute approximate surface area is 98.3 Å². The molecule has 88 valence electrons. The van der Waals surface area contributed by atoms with E-state index >= 15 is 0 Å².